The van der Waals surface area contributed by atoms with Gasteiger partial charge in [0, 0.05) is 22.5 Å². The van der Waals surface area contributed by atoms with Crippen LogP contribution in [-0.2, 0) is 6.42 Å². The first-order chi connectivity index (χ1) is 21.8. The maximum absolute atomic E-state index is 13.2. The second-order valence-electron chi connectivity index (χ2n) is 10.4. The predicted molar refractivity (Wildman–Crippen MR) is 175 cm³/mol. The Kier molecular flexibility index (Phi) is 8.51. The van der Waals surface area contributed by atoms with Crippen molar-refractivity contribution in [3.05, 3.63) is 141 Å². The van der Waals surface area contributed by atoms with Gasteiger partial charge in [0.05, 0.1) is 10.0 Å². The zero-order valence-electron chi connectivity index (χ0n) is 24.2. The summed E-state index contributed by atoms with van der Waals surface area (Å²) in [5.41, 5.74) is 6.06. The molecular weight excluding hydrogens is 611 g/mol. The van der Waals surface area contributed by atoms with E-state index in [1.165, 1.54) is 0 Å². The fourth-order valence-corrected chi connectivity index (χ4v) is 5.44. The smallest absolute Gasteiger partial charge is 0.261 e. The van der Waals surface area contributed by atoms with Gasteiger partial charge in [0.1, 0.15) is 34.0 Å². The second-order valence-corrected chi connectivity index (χ2v) is 11.2. The third-order valence-corrected chi connectivity index (χ3v) is 7.93. The summed E-state index contributed by atoms with van der Waals surface area (Å²) >= 11 is 12.7. The summed E-state index contributed by atoms with van der Waals surface area (Å²) in [7, 11) is 0. The lowest BCUT2D eigenvalue weighted by molar-refractivity contribution is 0.101. The minimum atomic E-state index is -0.338. The van der Waals surface area contributed by atoms with E-state index in [1.807, 2.05) is 72.8 Å². The molecule has 0 aliphatic heterocycles. The van der Waals surface area contributed by atoms with Crippen molar-refractivity contribution in [1.29, 1.82) is 0 Å². The van der Waals surface area contributed by atoms with Crippen LogP contribution in [0.5, 0.6) is 0 Å². The lowest BCUT2D eigenvalue weighted by Crippen LogP contribution is -2.13. The zero-order chi connectivity index (χ0) is 31.5. The molecule has 0 radical (unpaired) electrons. The Morgan fingerprint density at radius 1 is 0.600 bits per heavy atom. The summed E-state index contributed by atoms with van der Waals surface area (Å²) in [5.74, 6) is 0.122. The van der Waals surface area contributed by atoms with Crippen LogP contribution in [-0.4, -0.2) is 22.1 Å². The number of anilines is 2. The Morgan fingerprint density at radius 2 is 0.978 bits per heavy atom. The monoisotopic (exact) mass is 636 g/mol. The number of hydrogen-bond donors (Lipinski definition) is 2. The van der Waals surface area contributed by atoms with Gasteiger partial charge in [0.25, 0.3) is 11.8 Å². The van der Waals surface area contributed by atoms with Crippen LogP contribution in [0.1, 0.15) is 43.4 Å². The van der Waals surface area contributed by atoms with Crippen molar-refractivity contribution in [2.75, 3.05) is 10.6 Å². The van der Waals surface area contributed by atoms with Crippen molar-refractivity contribution in [1.82, 2.24) is 10.3 Å². The Hall–Kier alpha value is -5.18. The van der Waals surface area contributed by atoms with Gasteiger partial charge in [0.2, 0.25) is 0 Å². The summed E-state index contributed by atoms with van der Waals surface area (Å²) < 4.78 is 10.7. The summed E-state index contributed by atoms with van der Waals surface area (Å²) in [6.07, 6.45) is 0.658. The van der Waals surface area contributed by atoms with E-state index in [0.29, 0.717) is 73.0 Å². The molecule has 0 saturated heterocycles. The lowest BCUT2D eigenvalue weighted by Gasteiger charge is -2.09. The van der Waals surface area contributed by atoms with E-state index in [0.717, 1.165) is 11.1 Å². The number of carbonyl (C=O) groups excluding carboxylic acids is 2. The van der Waals surface area contributed by atoms with Crippen molar-refractivity contribution >= 4 is 46.4 Å². The molecule has 0 aliphatic carbocycles. The fraction of sp³-hybridized carbons (Fsp3) is 0.0857. The Morgan fingerprint density at radius 3 is 1.36 bits per heavy atom. The van der Waals surface area contributed by atoms with Crippen LogP contribution in [0.3, 0.4) is 0 Å². The molecule has 2 N–H and O–H groups in total. The van der Waals surface area contributed by atoms with E-state index in [4.69, 9.17) is 32.2 Å². The number of aromatic nitrogens is 2. The highest BCUT2D eigenvalue weighted by Gasteiger charge is 2.24. The van der Waals surface area contributed by atoms with Gasteiger partial charge < -0.3 is 19.7 Å². The highest BCUT2D eigenvalue weighted by Crippen LogP contribution is 2.33. The summed E-state index contributed by atoms with van der Waals surface area (Å²) in [5, 5.41) is 15.0. The molecule has 2 heterocycles. The summed E-state index contributed by atoms with van der Waals surface area (Å²) in [6, 6.07) is 29.5. The fourth-order valence-electron chi connectivity index (χ4n) is 4.99. The van der Waals surface area contributed by atoms with Gasteiger partial charge in [-0.3, -0.25) is 9.59 Å². The van der Waals surface area contributed by atoms with Crippen molar-refractivity contribution < 1.29 is 18.6 Å². The predicted octanol–water partition coefficient (Wildman–Crippen LogP) is 9.02. The second kappa shape index (κ2) is 12.8. The molecule has 0 fully saturated rings. The Balaban J connectivity index is 1.10. The number of hydrogen-bond acceptors (Lipinski definition) is 6. The highest BCUT2D eigenvalue weighted by molar-refractivity contribution is 6.34. The van der Waals surface area contributed by atoms with Crippen molar-refractivity contribution in [3.63, 3.8) is 0 Å². The Bertz CT molecular complexity index is 1870. The topological polar surface area (TPSA) is 110 Å². The standard InChI is InChI=1S/C35H26Cl2N4O4/c1-20-30(32(40-44-20)26-7-3-5-9-28(26)36)34(42)38-24-15-11-22(12-16-24)19-23-13-17-25(18-14-23)39-35(43)31-21(2)45-41-33(31)27-8-4-6-10-29(27)37/h3-18H,19H2,1-2H3,(H,38,42)(H,39,43). The molecule has 224 valence electrons. The first-order valence-electron chi connectivity index (χ1n) is 14.0. The minimum absolute atomic E-state index is 0.332. The van der Waals surface area contributed by atoms with E-state index in [2.05, 4.69) is 20.9 Å². The molecule has 2 amide bonds. The van der Waals surface area contributed by atoms with E-state index in [9.17, 15) is 9.59 Å². The third kappa shape index (κ3) is 6.38. The SMILES string of the molecule is Cc1onc(-c2ccccc2Cl)c1C(=O)Nc1ccc(Cc2ccc(NC(=O)c3c(-c4ccccc4Cl)noc3C)cc2)cc1. The van der Waals surface area contributed by atoms with Crippen molar-refractivity contribution in [3.8, 4) is 22.5 Å². The average molecular weight is 638 g/mol. The van der Waals surface area contributed by atoms with Crippen LogP contribution in [0.2, 0.25) is 10.0 Å². The first-order valence-corrected chi connectivity index (χ1v) is 14.8. The molecule has 6 aromatic rings. The first kappa shape index (κ1) is 29.9. The van der Waals surface area contributed by atoms with E-state index >= 15 is 0 Å². The number of halogens is 2. The van der Waals surface area contributed by atoms with Gasteiger partial charge in [-0.1, -0.05) is 94.2 Å². The van der Waals surface area contributed by atoms with Gasteiger partial charge in [0.15, 0.2) is 0 Å². The molecule has 0 unspecified atom stereocenters. The molecule has 0 atom stereocenters. The number of amides is 2. The number of benzene rings is 4. The molecule has 6 rings (SSSR count). The highest BCUT2D eigenvalue weighted by atomic mass is 35.5. The molecule has 2 aromatic heterocycles. The van der Waals surface area contributed by atoms with E-state index in [1.54, 1.807) is 38.1 Å². The molecule has 0 aliphatic rings. The van der Waals surface area contributed by atoms with Crippen LogP contribution in [0, 0.1) is 13.8 Å². The maximum atomic E-state index is 13.2. The van der Waals surface area contributed by atoms with Gasteiger partial charge >= 0.3 is 0 Å². The lowest BCUT2D eigenvalue weighted by atomic mass is 10.0. The van der Waals surface area contributed by atoms with E-state index < -0.39 is 0 Å². The molecule has 4 aromatic carbocycles. The number of carbonyl (C=O) groups is 2. The van der Waals surface area contributed by atoms with Gasteiger partial charge in [-0.2, -0.15) is 0 Å². The average Bonchev–Trinajstić information content (AvgIpc) is 3.61. The quantitative estimate of drug-likeness (QED) is 0.172. The molecule has 45 heavy (non-hydrogen) atoms. The van der Waals surface area contributed by atoms with Gasteiger partial charge in [-0.15, -0.1) is 0 Å². The van der Waals surface area contributed by atoms with Crippen LogP contribution in [0.25, 0.3) is 22.5 Å². The largest absolute Gasteiger partial charge is 0.360 e. The number of nitrogens with one attached hydrogen (secondary N) is 2. The van der Waals surface area contributed by atoms with Crippen LogP contribution in [0.15, 0.2) is 106 Å². The summed E-state index contributed by atoms with van der Waals surface area (Å²) in [6.45, 7) is 3.38. The zero-order valence-corrected chi connectivity index (χ0v) is 25.7. The molecule has 8 nitrogen and oxygen atoms in total. The van der Waals surface area contributed by atoms with Gasteiger partial charge in [-0.05, 0) is 67.8 Å². The summed E-state index contributed by atoms with van der Waals surface area (Å²) in [4.78, 5) is 26.4. The van der Waals surface area contributed by atoms with Crippen LogP contribution >= 0.6 is 23.2 Å². The van der Waals surface area contributed by atoms with Crippen molar-refractivity contribution in [2.24, 2.45) is 0 Å². The third-order valence-electron chi connectivity index (χ3n) is 7.27. The van der Waals surface area contributed by atoms with Crippen molar-refractivity contribution in [2.45, 2.75) is 20.3 Å². The van der Waals surface area contributed by atoms with Crippen LogP contribution < -0.4 is 10.6 Å². The molecular formula is C35H26Cl2N4O4. The van der Waals surface area contributed by atoms with Crippen LogP contribution in [0.4, 0.5) is 11.4 Å². The van der Waals surface area contributed by atoms with Gasteiger partial charge in [-0.25, -0.2) is 0 Å². The number of aryl methyl sites for hydroxylation is 2. The minimum Gasteiger partial charge on any atom is -0.360 e. The molecule has 0 saturated carbocycles. The number of nitrogens with zero attached hydrogens (tertiary/aromatic N) is 2. The number of rotatable bonds is 8. The molecule has 0 bridgehead atoms. The van der Waals surface area contributed by atoms with E-state index in [-0.39, 0.29) is 11.8 Å². The Labute approximate surface area is 269 Å². The molecule has 10 heteroatoms. The normalized spacial score (nSPS) is 10.9. The maximum Gasteiger partial charge on any atom is 0.261 e. The molecule has 0 spiro atoms.